The molecule has 9 heteroatoms. The second kappa shape index (κ2) is 9.29. The Bertz CT molecular complexity index is 1130. The van der Waals surface area contributed by atoms with Gasteiger partial charge in [-0.05, 0) is 42.5 Å². The molecule has 0 amide bonds. The Labute approximate surface area is 186 Å². The zero-order valence-electron chi connectivity index (χ0n) is 18.0. The average molecular weight is 432 g/mol. The lowest BCUT2D eigenvalue weighted by atomic mass is 10.2. The van der Waals surface area contributed by atoms with E-state index in [9.17, 15) is 0 Å². The molecule has 1 saturated heterocycles. The van der Waals surface area contributed by atoms with Crippen LogP contribution in [-0.4, -0.2) is 68.0 Å². The molecule has 0 N–H and O–H groups in total. The van der Waals surface area contributed by atoms with Gasteiger partial charge in [0, 0.05) is 55.9 Å². The van der Waals surface area contributed by atoms with Crippen molar-refractivity contribution in [3.8, 4) is 28.4 Å². The van der Waals surface area contributed by atoms with Crippen LogP contribution in [0.1, 0.15) is 5.89 Å². The number of benzene rings is 1. The Morgan fingerprint density at radius 1 is 0.875 bits per heavy atom. The van der Waals surface area contributed by atoms with Crippen LogP contribution < -0.4 is 4.74 Å². The van der Waals surface area contributed by atoms with Gasteiger partial charge in [0.15, 0.2) is 0 Å². The van der Waals surface area contributed by atoms with E-state index >= 15 is 0 Å². The minimum atomic E-state index is 0.601. The number of hydrogen-bond acceptors (Lipinski definition) is 8. The Balaban J connectivity index is 1.15. The maximum Gasteiger partial charge on any atom is 0.241 e. The van der Waals surface area contributed by atoms with Crippen molar-refractivity contribution in [2.45, 2.75) is 13.2 Å². The van der Waals surface area contributed by atoms with Gasteiger partial charge in [-0.25, -0.2) is 0 Å². The lowest BCUT2D eigenvalue weighted by Gasteiger charge is -2.34. The molecule has 0 aliphatic carbocycles. The summed E-state index contributed by atoms with van der Waals surface area (Å²) in [6.45, 7) is 5.20. The lowest BCUT2D eigenvalue weighted by molar-refractivity contribution is 0.0920. The molecule has 3 aromatic heterocycles. The highest BCUT2D eigenvalue weighted by atomic mass is 16.5. The first-order valence-electron chi connectivity index (χ1n) is 10.6. The van der Waals surface area contributed by atoms with Gasteiger partial charge in [0.1, 0.15) is 5.75 Å². The molecule has 164 valence electrons. The summed E-state index contributed by atoms with van der Waals surface area (Å²) in [6.07, 6.45) is 5.47. The smallest absolute Gasteiger partial charge is 0.241 e. The molecule has 0 bridgehead atoms. The molecule has 1 aliphatic heterocycles. The SMILES string of the molecule is COc1ccc(-c2noc(CN3CCN(Cn4nccc4-c4ccncc4)CC3)n2)cc1. The summed E-state index contributed by atoms with van der Waals surface area (Å²) in [5.74, 6) is 2.04. The molecule has 32 heavy (non-hydrogen) atoms. The predicted molar refractivity (Wildman–Crippen MR) is 119 cm³/mol. The van der Waals surface area contributed by atoms with E-state index in [1.54, 1.807) is 7.11 Å². The number of methoxy groups -OCH3 is 1. The number of aromatic nitrogens is 5. The molecule has 0 spiro atoms. The fourth-order valence-electron chi connectivity index (χ4n) is 3.86. The maximum atomic E-state index is 5.49. The zero-order valence-corrected chi connectivity index (χ0v) is 18.0. The van der Waals surface area contributed by atoms with Crippen LogP contribution in [0.4, 0.5) is 0 Å². The number of hydrogen-bond donors (Lipinski definition) is 0. The number of piperazine rings is 1. The Morgan fingerprint density at radius 3 is 2.38 bits per heavy atom. The molecule has 4 heterocycles. The van der Waals surface area contributed by atoms with Crippen molar-refractivity contribution >= 4 is 0 Å². The summed E-state index contributed by atoms with van der Waals surface area (Å²) in [4.78, 5) is 13.4. The van der Waals surface area contributed by atoms with Gasteiger partial charge < -0.3 is 9.26 Å². The van der Waals surface area contributed by atoms with E-state index in [1.807, 2.05) is 65.7 Å². The fraction of sp³-hybridized carbons (Fsp3) is 0.304. The van der Waals surface area contributed by atoms with E-state index in [1.165, 1.54) is 0 Å². The van der Waals surface area contributed by atoms with Gasteiger partial charge in [-0.1, -0.05) is 5.16 Å². The van der Waals surface area contributed by atoms with Gasteiger partial charge in [0.2, 0.25) is 11.7 Å². The van der Waals surface area contributed by atoms with Crippen LogP contribution >= 0.6 is 0 Å². The third kappa shape index (κ3) is 4.53. The molecular formula is C23H25N7O2. The second-order valence-electron chi connectivity index (χ2n) is 7.73. The summed E-state index contributed by atoms with van der Waals surface area (Å²) in [7, 11) is 1.65. The predicted octanol–water partition coefficient (Wildman–Crippen LogP) is 2.78. The van der Waals surface area contributed by atoms with Crippen molar-refractivity contribution in [3.05, 3.63) is 66.9 Å². The molecule has 0 atom stereocenters. The van der Waals surface area contributed by atoms with Crippen LogP contribution in [0, 0.1) is 0 Å². The number of rotatable bonds is 7. The summed E-state index contributed by atoms with van der Waals surface area (Å²) >= 11 is 0. The van der Waals surface area contributed by atoms with Crippen molar-refractivity contribution in [2.24, 2.45) is 0 Å². The van der Waals surface area contributed by atoms with Gasteiger partial charge in [-0.2, -0.15) is 10.1 Å². The number of nitrogens with zero attached hydrogens (tertiary/aromatic N) is 7. The molecule has 9 nitrogen and oxygen atoms in total. The Morgan fingerprint density at radius 2 is 1.62 bits per heavy atom. The van der Waals surface area contributed by atoms with Crippen LogP contribution in [0.3, 0.4) is 0 Å². The van der Waals surface area contributed by atoms with E-state index in [4.69, 9.17) is 9.26 Å². The Kier molecular flexibility index (Phi) is 5.91. The highest BCUT2D eigenvalue weighted by molar-refractivity contribution is 5.58. The van der Waals surface area contributed by atoms with Gasteiger partial charge in [-0.15, -0.1) is 0 Å². The second-order valence-corrected chi connectivity index (χ2v) is 7.73. The standard InChI is InChI=1S/C23H25N7O2/c1-31-20-4-2-19(3-5-20)23-26-22(32-27-23)16-28-12-14-29(15-13-28)17-30-21(8-11-25-30)18-6-9-24-10-7-18/h2-11H,12-17H2,1H3. The van der Waals surface area contributed by atoms with Gasteiger partial charge in [0.25, 0.3) is 0 Å². The van der Waals surface area contributed by atoms with Crippen LogP contribution in [0.25, 0.3) is 22.6 Å². The van der Waals surface area contributed by atoms with E-state index in [-0.39, 0.29) is 0 Å². The summed E-state index contributed by atoms with van der Waals surface area (Å²) in [5, 5.41) is 8.65. The average Bonchev–Trinajstić information content (AvgIpc) is 3.51. The summed E-state index contributed by atoms with van der Waals surface area (Å²) in [6, 6.07) is 13.7. The molecule has 0 unspecified atom stereocenters. The van der Waals surface area contributed by atoms with E-state index in [0.717, 1.165) is 55.4 Å². The number of ether oxygens (including phenoxy) is 1. The highest BCUT2D eigenvalue weighted by Gasteiger charge is 2.20. The Hall–Kier alpha value is -3.56. The number of pyridine rings is 1. The molecule has 0 radical (unpaired) electrons. The van der Waals surface area contributed by atoms with E-state index < -0.39 is 0 Å². The maximum absolute atomic E-state index is 5.49. The first-order chi connectivity index (χ1) is 15.8. The van der Waals surface area contributed by atoms with Crippen molar-refractivity contribution < 1.29 is 9.26 Å². The fourth-order valence-corrected chi connectivity index (χ4v) is 3.86. The van der Waals surface area contributed by atoms with E-state index in [2.05, 4.69) is 30.0 Å². The molecule has 0 saturated carbocycles. The van der Waals surface area contributed by atoms with Crippen molar-refractivity contribution in [1.82, 2.24) is 34.7 Å². The minimum Gasteiger partial charge on any atom is -0.497 e. The zero-order chi connectivity index (χ0) is 21.8. The quantitative estimate of drug-likeness (QED) is 0.442. The van der Waals surface area contributed by atoms with Crippen molar-refractivity contribution in [3.63, 3.8) is 0 Å². The highest BCUT2D eigenvalue weighted by Crippen LogP contribution is 2.21. The third-order valence-corrected chi connectivity index (χ3v) is 5.67. The monoisotopic (exact) mass is 431 g/mol. The first kappa shape index (κ1) is 20.3. The molecule has 1 aromatic carbocycles. The molecule has 1 aliphatic rings. The van der Waals surface area contributed by atoms with Crippen molar-refractivity contribution in [1.29, 1.82) is 0 Å². The minimum absolute atomic E-state index is 0.601. The largest absolute Gasteiger partial charge is 0.497 e. The van der Waals surface area contributed by atoms with Crippen LogP contribution in [-0.2, 0) is 13.2 Å². The van der Waals surface area contributed by atoms with Gasteiger partial charge in [0.05, 0.1) is 26.0 Å². The van der Waals surface area contributed by atoms with Crippen LogP contribution in [0.2, 0.25) is 0 Å². The summed E-state index contributed by atoms with van der Waals surface area (Å²) in [5.41, 5.74) is 3.14. The topological polar surface area (TPSA) is 85.3 Å². The van der Waals surface area contributed by atoms with Crippen LogP contribution in [0.5, 0.6) is 5.75 Å². The normalized spacial score (nSPS) is 15.2. The molecule has 1 fully saturated rings. The van der Waals surface area contributed by atoms with Gasteiger partial charge in [-0.3, -0.25) is 19.5 Å². The van der Waals surface area contributed by atoms with Crippen LogP contribution in [0.15, 0.2) is 65.6 Å². The molecule has 5 rings (SSSR count). The van der Waals surface area contributed by atoms with E-state index in [0.29, 0.717) is 18.3 Å². The first-order valence-corrected chi connectivity index (χ1v) is 10.6. The molecule has 4 aromatic rings. The molecular weight excluding hydrogens is 406 g/mol. The van der Waals surface area contributed by atoms with Crippen molar-refractivity contribution in [2.75, 3.05) is 33.3 Å². The van der Waals surface area contributed by atoms with Gasteiger partial charge >= 0.3 is 0 Å². The third-order valence-electron chi connectivity index (χ3n) is 5.67. The lowest BCUT2D eigenvalue weighted by Crippen LogP contribution is -2.46. The summed E-state index contributed by atoms with van der Waals surface area (Å²) < 4.78 is 12.7.